The van der Waals surface area contributed by atoms with Crippen LogP contribution in [0.5, 0.6) is 0 Å². The van der Waals surface area contributed by atoms with Crippen molar-refractivity contribution in [2.24, 2.45) is 0 Å². The Morgan fingerprint density at radius 2 is 1.45 bits per heavy atom. The van der Waals surface area contributed by atoms with Gasteiger partial charge in [-0.05, 0) is 22.8 Å². The average molecular weight is 576 g/mol. The zero-order valence-electron chi connectivity index (χ0n) is 18.9. The number of hydrogen-bond donors (Lipinski definition) is 0. The summed E-state index contributed by atoms with van der Waals surface area (Å²) >= 11 is 0. The molecule has 10 nitrogen and oxygen atoms in total. The number of rotatable bonds is 8. The molecule has 0 saturated carbocycles. The first-order valence-corrected chi connectivity index (χ1v) is 10.2. The first kappa shape index (κ1) is 29.4. The molecule has 2 aromatic rings. The van der Waals surface area contributed by atoms with Crippen LogP contribution in [0.4, 0.5) is 46.5 Å². The fourth-order valence-electron chi connectivity index (χ4n) is 3.71. The molecule has 0 unspecified atom stereocenters. The van der Waals surface area contributed by atoms with Crippen LogP contribution in [0.3, 0.4) is 0 Å². The van der Waals surface area contributed by atoms with E-state index >= 15 is 0 Å². The molecule has 0 heterocycles. The number of allylic oxidation sites excluding steroid dienone is 1. The average Bonchev–Trinajstić information content (AvgIpc) is 3.20. The summed E-state index contributed by atoms with van der Waals surface area (Å²) in [5.74, 6) is -21.4. The molecule has 1 aliphatic rings. The molecule has 208 valence electrons. The molecule has 18 heteroatoms. The highest BCUT2D eigenvalue weighted by atomic mass is 19.4. The number of nitro groups is 2. The summed E-state index contributed by atoms with van der Waals surface area (Å²) in [6.07, 6.45) is -5.23. The quantitative estimate of drug-likeness (QED) is 0.109. The minimum absolute atomic E-state index is 0.221. The predicted molar refractivity (Wildman–Crippen MR) is 114 cm³/mol. The van der Waals surface area contributed by atoms with Gasteiger partial charge in [0.25, 0.3) is 11.4 Å². The molecule has 0 fully saturated rings. The van der Waals surface area contributed by atoms with E-state index in [4.69, 9.17) is 0 Å². The first-order chi connectivity index (χ1) is 18.4. The second kappa shape index (κ2) is 9.88. The summed E-state index contributed by atoms with van der Waals surface area (Å²) in [5.41, 5.74) is -5.31. The van der Waals surface area contributed by atoms with Gasteiger partial charge < -0.3 is 4.74 Å². The van der Waals surface area contributed by atoms with Gasteiger partial charge in [0.15, 0.2) is 6.61 Å². The summed E-state index contributed by atoms with van der Waals surface area (Å²) in [6.45, 7) is -2.88. The van der Waals surface area contributed by atoms with Crippen molar-refractivity contribution < 1.29 is 54.5 Å². The van der Waals surface area contributed by atoms with Crippen molar-refractivity contribution >= 4 is 22.9 Å². The number of non-ortho nitro benzene ring substituents is 2. The number of hydrogen-bond acceptors (Lipinski definition) is 8. The molecule has 3 rings (SSSR count). The number of nitro benzene ring substituents is 2. The third-order valence-corrected chi connectivity index (χ3v) is 5.59. The van der Waals surface area contributed by atoms with Gasteiger partial charge in [0.05, 0.1) is 15.4 Å². The number of alkyl halides is 8. The summed E-state index contributed by atoms with van der Waals surface area (Å²) < 4.78 is 110. The van der Waals surface area contributed by atoms with Crippen LogP contribution in [-0.4, -0.2) is 46.6 Å². The zero-order valence-corrected chi connectivity index (χ0v) is 18.9. The molecule has 0 spiro atoms. The van der Waals surface area contributed by atoms with Crippen molar-refractivity contribution in [2.75, 3.05) is 6.61 Å². The van der Waals surface area contributed by atoms with Crippen LogP contribution in [0.15, 0.2) is 35.9 Å². The molecule has 1 aliphatic carbocycles. The number of fused-ring (bicyclic) bond motifs is 3. The summed E-state index contributed by atoms with van der Waals surface area (Å²) in [7, 11) is 0. The molecule has 0 N–H and O–H groups in total. The lowest BCUT2D eigenvalue weighted by Gasteiger charge is -2.31. The number of esters is 1. The van der Waals surface area contributed by atoms with E-state index in [1.165, 1.54) is 12.1 Å². The van der Waals surface area contributed by atoms with Crippen molar-refractivity contribution in [1.29, 1.82) is 10.5 Å². The van der Waals surface area contributed by atoms with Crippen molar-refractivity contribution in [3.8, 4) is 23.3 Å². The van der Waals surface area contributed by atoms with Gasteiger partial charge in [-0.3, -0.25) is 20.2 Å². The van der Waals surface area contributed by atoms with E-state index in [1.54, 1.807) is 0 Å². The van der Waals surface area contributed by atoms with Gasteiger partial charge in [-0.25, -0.2) is 13.6 Å². The molecular weight excluding hydrogens is 568 g/mol. The van der Waals surface area contributed by atoms with Crippen LogP contribution in [0, 0.1) is 42.9 Å². The zero-order chi connectivity index (χ0) is 30.4. The van der Waals surface area contributed by atoms with Crippen LogP contribution in [-0.2, 0) is 4.74 Å². The molecule has 0 aliphatic heterocycles. The number of nitriles is 2. The highest BCUT2D eigenvalue weighted by Gasteiger charge is 2.75. The second-order valence-corrected chi connectivity index (χ2v) is 7.91. The van der Waals surface area contributed by atoms with E-state index in [2.05, 4.69) is 4.74 Å². The van der Waals surface area contributed by atoms with E-state index in [0.29, 0.717) is 12.1 Å². The number of halogens is 8. The number of nitrogens with zero attached hydrogens (tertiary/aromatic N) is 4. The van der Waals surface area contributed by atoms with Crippen molar-refractivity contribution in [3.63, 3.8) is 0 Å². The number of ether oxygens (including phenoxy) is 1. The van der Waals surface area contributed by atoms with Crippen molar-refractivity contribution in [3.05, 3.63) is 72.8 Å². The number of benzene rings is 2. The summed E-state index contributed by atoms with van der Waals surface area (Å²) in [4.78, 5) is 33.4. The monoisotopic (exact) mass is 576 g/mol. The highest BCUT2D eigenvalue weighted by molar-refractivity contribution is 6.11. The van der Waals surface area contributed by atoms with Gasteiger partial charge in [-0.15, -0.1) is 0 Å². The molecule has 0 aromatic heterocycles. The van der Waals surface area contributed by atoms with Gasteiger partial charge in [0.2, 0.25) is 0 Å². The van der Waals surface area contributed by atoms with E-state index in [0.717, 1.165) is 18.2 Å². The van der Waals surface area contributed by atoms with Gasteiger partial charge in [-0.2, -0.15) is 36.9 Å². The lowest BCUT2D eigenvalue weighted by atomic mass is 9.96. The minimum atomic E-state index is -6.71. The lowest BCUT2D eigenvalue weighted by molar-refractivity contribution is -0.385. The summed E-state index contributed by atoms with van der Waals surface area (Å²) in [6, 6.07) is 6.67. The lowest BCUT2D eigenvalue weighted by Crippen LogP contribution is -2.59. The molecule has 40 heavy (non-hydrogen) atoms. The van der Waals surface area contributed by atoms with Gasteiger partial charge in [0.1, 0.15) is 17.7 Å². The minimum Gasteiger partial charge on any atom is -0.455 e. The highest BCUT2D eigenvalue weighted by Crippen LogP contribution is 2.51. The predicted octanol–water partition coefficient (Wildman–Crippen LogP) is 5.66. The Kier molecular flexibility index (Phi) is 7.27. The largest absolute Gasteiger partial charge is 0.455 e. The second-order valence-electron chi connectivity index (χ2n) is 7.91. The standard InChI is InChI=1S/C22H8F8N4O6/c23-19(24)21(27,28)22(29,30)20(25,26)8-40-18(35)15-5-11(34(38)39)4-14-16(9(6-31)7-32)13-3-10(33(36)37)1-2-12(13)17(14)15/h1-5,19H,8H2. The van der Waals surface area contributed by atoms with Crippen LogP contribution in [0.25, 0.3) is 16.7 Å². The molecule has 0 atom stereocenters. The molecule has 0 saturated heterocycles. The molecule has 0 bridgehead atoms. The summed E-state index contributed by atoms with van der Waals surface area (Å²) in [5, 5.41) is 41.5. The molecular formula is C22H8F8N4O6. The Morgan fingerprint density at radius 3 is 1.95 bits per heavy atom. The maximum absolute atomic E-state index is 13.9. The fourth-order valence-corrected chi connectivity index (χ4v) is 3.71. The van der Waals surface area contributed by atoms with E-state index in [-0.39, 0.29) is 11.1 Å². The van der Waals surface area contributed by atoms with Crippen LogP contribution >= 0.6 is 0 Å². The van der Waals surface area contributed by atoms with Crippen molar-refractivity contribution in [1.82, 2.24) is 0 Å². The topological polar surface area (TPSA) is 160 Å². The van der Waals surface area contributed by atoms with Gasteiger partial charge in [-0.1, -0.05) is 0 Å². The third-order valence-electron chi connectivity index (χ3n) is 5.59. The van der Waals surface area contributed by atoms with E-state index in [9.17, 15) is 70.7 Å². The normalized spacial score (nSPS) is 12.7. The van der Waals surface area contributed by atoms with Crippen LogP contribution in [0.2, 0.25) is 0 Å². The maximum atomic E-state index is 13.9. The Balaban J connectivity index is 2.21. The Labute approximate surface area is 215 Å². The van der Waals surface area contributed by atoms with Gasteiger partial charge in [0, 0.05) is 35.4 Å². The van der Waals surface area contributed by atoms with E-state index in [1.807, 2.05) is 0 Å². The SMILES string of the molecule is N#CC(C#N)=C1c2cc([N+](=O)[O-])ccc2-c2c(C(=O)OCC(F)(F)C(F)(F)C(F)(F)C(F)F)cc([N+](=O)[O-])cc21. The first-order valence-electron chi connectivity index (χ1n) is 10.2. The Morgan fingerprint density at radius 1 is 0.900 bits per heavy atom. The Bertz CT molecular complexity index is 1560. The Hall–Kier alpha value is -5.13. The van der Waals surface area contributed by atoms with Crippen molar-refractivity contribution in [2.45, 2.75) is 24.2 Å². The van der Waals surface area contributed by atoms with Gasteiger partial charge >= 0.3 is 30.2 Å². The molecule has 0 radical (unpaired) electrons. The fraction of sp³-hybridized carbons (Fsp3) is 0.227. The maximum Gasteiger partial charge on any atom is 0.381 e. The van der Waals surface area contributed by atoms with E-state index < -0.39 is 85.8 Å². The molecule has 2 aromatic carbocycles. The third kappa shape index (κ3) is 4.53. The number of carbonyl (C=O) groups is 1. The molecule has 0 amide bonds. The number of carbonyl (C=O) groups excluding carboxylic acids is 1. The smallest absolute Gasteiger partial charge is 0.381 e. The van der Waals surface area contributed by atoms with Crippen LogP contribution < -0.4 is 0 Å². The van der Waals surface area contributed by atoms with Crippen LogP contribution in [0.1, 0.15) is 21.5 Å².